The Labute approximate surface area is 170 Å². The number of anilines is 1. The van der Waals surface area contributed by atoms with Crippen molar-refractivity contribution in [2.75, 3.05) is 17.8 Å². The Morgan fingerprint density at radius 3 is 1.89 bits per heavy atom. The SMILES string of the molecule is CCN(CC)S(=O)(=O)c1ccc(NS(=O)(=O)Cc2c(Cl)cccc2Cl)cc1. The van der Waals surface area contributed by atoms with Gasteiger partial charge < -0.3 is 0 Å². The lowest BCUT2D eigenvalue weighted by Crippen LogP contribution is -2.30. The lowest BCUT2D eigenvalue weighted by molar-refractivity contribution is 0.445. The predicted molar refractivity (Wildman–Crippen MR) is 109 cm³/mol. The van der Waals surface area contributed by atoms with E-state index >= 15 is 0 Å². The van der Waals surface area contributed by atoms with E-state index in [1.807, 2.05) is 0 Å². The summed E-state index contributed by atoms with van der Waals surface area (Å²) in [6.45, 7) is 4.21. The van der Waals surface area contributed by atoms with Gasteiger partial charge in [0.05, 0.1) is 10.6 Å². The first-order valence-corrected chi connectivity index (χ1v) is 12.0. The molecule has 0 fully saturated rings. The highest BCUT2D eigenvalue weighted by atomic mass is 35.5. The molecule has 0 aliphatic rings. The van der Waals surface area contributed by atoms with E-state index in [0.29, 0.717) is 18.7 Å². The summed E-state index contributed by atoms with van der Waals surface area (Å²) in [5.74, 6) is -0.398. The third-order valence-electron chi connectivity index (χ3n) is 3.87. The molecule has 2 rings (SSSR count). The van der Waals surface area contributed by atoms with Crippen LogP contribution in [-0.4, -0.2) is 34.2 Å². The van der Waals surface area contributed by atoms with E-state index in [4.69, 9.17) is 23.2 Å². The minimum absolute atomic E-state index is 0.100. The van der Waals surface area contributed by atoms with Crippen LogP contribution in [0.15, 0.2) is 47.4 Å². The average molecular weight is 451 g/mol. The number of sulfonamides is 2. The van der Waals surface area contributed by atoms with Crippen LogP contribution in [0.4, 0.5) is 5.69 Å². The van der Waals surface area contributed by atoms with Crippen molar-refractivity contribution in [1.29, 1.82) is 0 Å². The maximum atomic E-state index is 12.5. The lowest BCUT2D eigenvalue weighted by Gasteiger charge is -2.18. The molecular weight excluding hydrogens is 431 g/mol. The smallest absolute Gasteiger partial charge is 0.243 e. The molecule has 1 N–H and O–H groups in total. The molecule has 6 nitrogen and oxygen atoms in total. The van der Waals surface area contributed by atoms with Gasteiger partial charge in [0.2, 0.25) is 20.0 Å². The fraction of sp³-hybridized carbons (Fsp3) is 0.294. The van der Waals surface area contributed by atoms with Crippen LogP contribution in [0.25, 0.3) is 0 Å². The number of nitrogens with zero attached hydrogens (tertiary/aromatic N) is 1. The lowest BCUT2D eigenvalue weighted by atomic mass is 10.2. The molecule has 148 valence electrons. The first-order valence-electron chi connectivity index (χ1n) is 8.14. The number of hydrogen-bond acceptors (Lipinski definition) is 4. The second-order valence-corrected chi connectivity index (χ2v) is 10.1. The fourth-order valence-electron chi connectivity index (χ4n) is 2.48. The van der Waals surface area contributed by atoms with Gasteiger partial charge in [-0.15, -0.1) is 0 Å². The Bertz CT molecular complexity index is 983. The topological polar surface area (TPSA) is 83.6 Å². The Morgan fingerprint density at radius 2 is 1.41 bits per heavy atom. The van der Waals surface area contributed by atoms with Crippen LogP contribution in [0.1, 0.15) is 19.4 Å². The summed E-state index contributed by atoms with van der Waals surface area (Å²) in [6, 6.07) is 10.3. The maximum Gasteiger partial charge on any atom is 0.243 e. The van der Waals surface area contributed by atoms with Crippen LogP contribution < -0.4 is 4.72 Å². The van der Waals surface area contributed by atoms with E-state index in [1.165, 1.54) is 28.6 Å². The van der Waals surface area contributed by atoms with Gasteiger partial charge in [0, 0.05) is 34.4 Å². The molecule has 0 spiro atoms. The molecule has 0 unspecified atom stereocenters. The quantitative estimate of drug-likeness (QED) is 0.659. The first kappa shape index (κ1) is 22.0. The molecule has 0 aromatic heterocycles. The van der Waals surface area contributed by atoms with Gasteiger partial charge in [-0.25, -0.2) is 16.8 Å². The van der Waals surface area contributed by atoms with Gasteiger partial charge in [-0.3, -0.25) is 4.72 Å². The van der Waals surface area contributed by atoms with Gasteiger partial charge in [-0.1, -0.05) is 43.1 Å². The van der Waals surface area contributed by atoms with E-state index < -0.39 is 25.8 Å². The largest absolute Gasteiger partial charge is 0.283 e. The monoisotopic (exact) mass is 450 g/mol. The number of nitrogens with one attached hydrogen (secondary N) is 1. The summed E-state index contributed by atoms with van der Waals surface area (Å²) < 4.78 is 53.5. The summed E-state index contributed by atoms with van der Waals surface area (Å²) in [4.78, 5) is 0.100. The minimum Gasteiger partial charge on any atom is -0.283 e. The van der Waals surface area contributed by atoms with Crippen molar-refractivity contribution in [2.45, 2.75) is 24.5 Å². The molecule has 2 aromatic carbocycles. The van der Waals surface area contributed by atoms with E-state index in [-0.39, 0.29) is 20.6 Å². The van der Waals surface area contributed by atoms with Crippen LogP contribution in [0, 0.1) is 0 Å². The number of halogens is 2. The molecule has 0 saturated heterocycles. The normalized spacial score (nSPS) is 12.3. The molecule has 2 aromatic rings. The summed E-state index contributed by atoms with van der Waals surface area (Å²) in [7, 11) is -7.39. The number of hydrogen-bond donors (Lipinski definition) is 1. The highest BCUT2D eigenvalue weighted by Crippen LogP contribution is 2.27. The van der Waals surface area contributed by atoms with Crippen molar-refractivity contribution in [1.82, 2.24) is 4.31 Å². The van der Waals surface area contributed by atoms with E-state index in [2.05, 4.69) is 4.72 Å². The van der Waals surface area contributed by atoms with Crippen LogP contribution >= 0.6 is 23.2 Å². The van der Waals surface area contributed by atoms with Gasteiger partial charge in [-0.05, 0) is 36.4 Å². The highest BCUT2D eigenvalue weighted by Gasteiger charge is 2.22. The Morgan fingerprint density at radius 1 is 0.889 bits per heavy atom. The van der Waals surface area contributed by atoms with Crippen LogP contribution in [-0.2, 0) is 25.8 Å². The van der Waals surface area contributed by atoms with Gasteiger partial charge in [0.1, 0.15) is 0 Å². The van der Waals surface area contributed by atoms with Crippen LogP contribution in [0.3, 0.4) is 0 Å². The zero-order valence-electron chi connectivity index (χ0n) is 14.8. The van der Waals surface area contributed by atoms with Crippen LogP contribution in [0.2, 0.25) is 10.0 Å². The first-order chi connectivity index (χ1) is 12.6. The van der Waals surface area contributed by atoms with E-state index in [9.17, 15) is 16.8 Å². The molecular formula is C17H20Cl2N2O4S2. The zero-order chi connectivity index (χ0) is 20.2. The van der Waals surface area contributed by atoms with Crippen molar-refractivity contribution in [3.8, 4) is 0 Å². The van der Waals surface area contributed by atoms with Gasteiger partial charge in [0.15, 0.2) is 0 Å². The van der Waals surface area contributed by atoms with E-state index in [1.54, 1.807) is 32.0 Å². The molecule has 0 atom stereocenters. The summed E-state index contributed by atoms with van der Waals surface area (Å²) in [6.07, 6.45) is 0. The maximum absolute atomic E-state index is 12.5. The van der Waals surface area contributed by atoms with Gasteiger partial charge in [0.25, 0.3) is 0 Å². The molecule has 0 bridgehead atoms. The summed E-state index contributed by atoms with van der Waals surface area (Å²) in [5, 5.41) is 0.516. The number of benzene rings is 2. The zero-order valence-corrected chi connectivity index (χ0v) is 18.0. The number of rotatable bonds is 8. The third kappa shape index (κ3) is 5.36. The fourth-order valence-corrected chi connectivity index (χ4v) is 5.89. The molecule has 0 aliphatic carbocycles. The van der Waals surface area contributed by atoms with Crippen molar-refractivity contribution >= 4 is 48.9 Å². The van der Waals surface area contributed by atoms with Crippen molar-refractivity contribution in [2.24, 2.45) is 0 Å². The van der Waals surface area contributed by atoms with E-state index in [0.717, 1.165) is 0 Å². The molecule has 0 saturated carbocycles. The Hall–Kier alpha value is -1.32. The highest BCUT2D eigenvalue weighted by molar-refractivity contribution is 7.92. The van der Waals surface area contributed by atoms with Crippen molar-refractivity contribution in [3.05, 3.63) is 58.1 Å². The second kappa shape index (κ2) is 8.79. The summed E-state index contributed by atoms with van der Waals surface area (Å²) >= 11 is 12.0. The summed E-state index contributed by atoms with van der Waals surface area (Å²) in [5.41, 5.74) is 0.547. The molecule has 10 heteroatoms. The van der Waals surface area contributed by atoms with Crippen molar-refractivity contribution < 1.29 is 16.8 Å². The van der Waals surface area contributed by atoms with Gasteiger partial charge >= 0.3 is 0 Å². The van der Waals surface area contributed by atoms with Gasteiger partial charge in [-0.2, -0.15) is 4.31 Å². The molecule has 0 heterocycles. The minimum atomic E-state index is -3.79. The van der Waals surface area contributed by atoms with Crippen LogP contribution in [0.5, 0.6) is 0 Å². The molecule has 27 heavy (non-hydrogen) atoms. The second-order valence-electron chi connectivity index (χ2n) is 5.68. The Balaban J connectivity index is 2.21. The average Bonchev–Trinajstić information content (AvgIpc) is 2.59. The predicted octanol–water partition coefficient (Wildman–Crippen LogP) is 3.97. The standard InChI is InChI=1S/C17H20Cl2N2O4S2/c1-3-21(4-2)27(24,25)14-10-8-13(9-11-14)20-26(22,23)12-15-16(18)6-5-7-17(15)19/h5-11,20H,3-4,12H2,1-2H3. The molecule has 0 amide bonds. The third-order valence-corrected chi connectivity index (χ3v) is 7.85. The molecule has 0 aliphatic heterocycles. The van der Waals surface area contributed by atoms with Crippen molar-refractivity contribution in [3.63, 3.8) is 0 Å². The molecule has 0 radical (unpaired) electrons. The Kier molecular flexibility index (Phi) is 7.15.